The molecule has 0 aliphatic heterocycles. The number of aliphatic carboxylic acids is 1. The smallest absolute Gasteiger partial charge is 0.313 e. The van der Waals surface area contributed by atoms with Gasteiger partial charge in [-0.3, -0.25) is 9.52 Å². The standard InChI is InChI=1S/C22H23NO5S2/c1-14(2)10-15-6-5-7-16(11-15)30(27,28)23-19-12-20(29-13-21(24)25)22(26)18-9-4-3-8-17(18)19/h3-9,11-12,14,23,26H,10,13H2,1-2H3,(H,24,25). The number of thioether (sulfide) groups is 1. The van der Waals surface area contributed by atoms with Crippen molar-refractivity contribution in [2.24, 2.45) is 5.92 Å². The Morgan fingerprint density at radius 3 is 2.43 bits per heavy atom. The Morgan fingerprint density at radius 1 is 1.07 bits per heavy atom. The number of anilines is 1. The fourth-order valence-electron chi connectivity index (χ4n) is 3.18. The highest BCUT2D eigenvalue weighted by Gasteiger charge is 2.19. The number of phenolic OH excluding ortho intramolecular Hbond substituents is 1. The summed E-state index contributed by atoms with van der Waals surface area (Å²) in [5.41, 5.74) is 1.21. The van der Waals surface area contributed by atoms with Crippen LogP contribution >= 0.6 is 11.8 Å². The van der Waals surface area contributed by atoms with E-state index in [2.05, 4.69) is 18.6 Å². The molecule has 158 valence electrons. The fraction of sp³-hybridized carbons (Fsp3) is 0.227. The van der Waals surface area contributed by atoms with E-state index in [-0.39, 0.29) is 22.1 Å². The zero-order valence-electron chi connectivity index (χ0n) is 16.6. The first-order chi connectivity index (χ1) is 14.2. The first kappa shape index (κ1) is 22.0. The number of carboxylic acids is 1. The number of hydrogen-bond acceptors (Lipinski definition) is 5. The molecule has 0 saturated heterocycles. The van der Waals surface area contributed by atoms with E-state index in [1.807, 2.05) is 6.07 Å². The number of carboxylic acid groups (broad SMARTS) is 1. The molecule has 0 heterocycles. The van der Waals surface area contributed by atoms with Gasteiger partial charge in [0.2, 0.25) is 0 Å². The van der Waals surface area contributed by atoms with Crippen LogP contribution in [0.25, 0.3) is 10.8 Å². The minimum absolute atomic E-state index is 0.0706. The van der Waals surface area contributed by atoms with Gasteiger partial charge in [0.15, 0.2) is 0 Å². The lowest BCUT2D eigenvalue weighted by Gasteiger charge is -2.15. The Morgan fingerprint density at radius 2 is 1.77 bits per heavy atom. The maximum absolute atomic E-state index is 13.1. The third kappa shape index (κ3) is 5.06. The molecule has 0 bridgehead atoms. The minimum atomic E-state index is -3.88. The molecule has 8 heteroatoms. The number of aromatic hydroxyl groups is 1. The van der Waals surface area contributed by atoms with Gasteiger partial charge in [0.1, 0.15) is 5.75 Å². The topological polar surface area (TPSA) is 104 Å². The van der Waals surface area contributed by atoms with Crippen LogP contribution < -0.4 is 4.72 Å². The van der Waals surface area contributed by atoms with Gasteiger partial charge in [-0.2, -0.15) is 0 Å². The van der Waals surface area contributed by atoms with E-state index >= 15 is 0 Å². The molecule has 0 spiro atoms. The Balaban J connectivity index is 2.04. The van der Waals surface area contributed by atoms with Crippen LogP contribution in [0.4, 0.5) is 5.69 Å². The van der Waals surface area contributed by atoms with E-state index in [0.29, 0.717) is 21.6 Å². The lowest BCUT2D eigenvalue weighted by molar-refractivity contribution is -0.133. The Labute approximate surface area is 180 Å². The summed E-state index contributed by atoms with van der Waals surface area (Å²) < 4.78 is 28.8. The van der Waals surface area contributed by atoms with Crippen molar-refractivity contribution >= 4 is 44.2 Å². The van der Waals surface area contributed by atoms with Crippen molar-refractivity contribution < 1.29 is 23.4 Å². The van der Waals surface area contributed by atoms with Gasteiger partial charge in [0.25, 0.3) is 10.0 Å². The quantitative estimate of drug-likeness (QED) is 0.342. The van der Waals surface area contributed by atoms with Gasteiger partial charge in [-0.1, -0.05) is 50.2 Å². The van der Waals surface area contributed by atoms with Crippen LogP contribution in [0.3, 0.4) is 0 Å². The van der Waals surface area contributed by atoms with E-state index in [1.165, 1.54) is 12.1 Å². The molecule has 3 N–H and O–H groups in total. The number of fused-ring (bicyclic) bond motifs is 1. The van der Waals surface area contributed by atoms with Crippen molar-refractivity contribution in [1.82, 2.24) is 0 Å². The predicted octanol–water partition coefficient (Wildman–Crippen LogP) is 4.72. The van der Waals surface area contributed by atoms with Gasteiger partial charge in [0.05, 0.1) is 21.2 Å². The van der Waals surface area contributed by atoms with Crippen molar-refractivity contribution in [3.63, 3.8) is 0 Å². The highest BCUT2D eigenvalue weighted by atomic mass is 32.2. The molecule has 6 nitrogen and oxygen atoms in total. The van der Waals surface area contributed by atoms with Crippen LogP contribution in [0, 0.1) is 5.92 Å². The van der Waals surface area contributed by atoms with Crippen LogP contribution in [0.5, 0.6) is 5.75 Å². The average molecular weight is 446 g/mol. The maximum atomic E-state index is 13.1. The Kier molecular flexibility index (Phi) is 6.58. The van der Waals surface area contributed by atoms with E-state index in [9.17, 15) is 18.3 Å². The summed E-state index contributed by atoms with van der Waals surface area (Å²) >= 11 is 0.931. The molecule has 0 amide bonds. The van der Waals surface area contributed by atoms with Gasteiger partial charge in [-0.15, -0.1) is 11.8 Å². The summed E-state index contributed by atoms with van der Waals surface area (Å²) in [6, 6.07) is 15.1. The fourth-order valence-corrected chi connectivity index (χ4v) is 5.05. The van der Waals surface area contributed by atoms with Gasteiger partial charge < -0.3 is 10.2 Å². The zero-order valence-corrected chi connectivity index (χ0v) is 18.3. The predicted molar refractivity (Wildman–Crippen MR) is 120 cm³/mol. The van der Waals surface area contributed by atoms with E-state index in [4.69, 9.17) is 5.11 Å². The van der Waals surface area contributed by atoms with E-state index < -0.39 is 16.0 Å². The number of benzene rings is 3. The lowest BCUT2D eigenvalue weighted by Crippen LogP contribution is -2.14. The molecule has 3 rings (SSSR count). The summed E-state index contributed by atoms with van der Waals surface area (Å²) in [4.78, 5) is 11.4. The summed E-state index contributed by atoms with van der Waals surface area (Å²) in [6.07, 6.45) is 0.765. The van der Waals surface area contributed by atoms with E-state index in [0.717, 1.165) is 23.7 Å². The lowest BCUT2D eigenvalue weighted by atomic mass is 10.0. The molecule has 3 aromatic carbocycles. The molecule has 0 unspecified atom stereocenters. The van der Waals surface area contributed by atoms with Crippen LogP contribution in [-0.4, -0.2) is 30.4 Å². The molecule has 0 radical (unpaired) electrons. The summed E-state index contributed by atoms with van der Waals surface area (Å²) in [6.45, 7) is 4.14. The number of rotatable bonds is 8. The molecule has 0 fully saturated rings. The Bertz CT molecular complexity index is 1190. The van der Waals surface area contributed by atoms with Crippen molar-refractivity contribution in [2.75, 3.05) is 10.5 Å². The summed E-state index contributed by atoms with van der Waals surface area (Å²) in [5, 5.41) is 20.5. The molecular weight excluding hydrogens is 422 g/mol. The number of hydrogen-bond donors (Lipinski definition) is 3. The second-order valence-electron chi connectivity index (χ2n) is 7.35. The maximum Gasteiger partial charge on any atom is 0.313 e. The first-order valence-electron chi connectivity index (χ1n) is 9.38. The number of carbonyl (C=O) groups is 1. The number of nitrogens with one attached hydrogen (secondary N) is 1. The summed E-state index contributed by atoms with van der Waals surface area (Å²) in [5.74, 6) is -0.962. The van der Waals surface area contributed by atoms with Crippen LogP contribution in [0.1, 0.15) is 19.4 Å². The highest BCUT2D eigenvalue weighted by molar-refractivity contribution is 8.00. The van der Waals surface area contributed by atoms with Crippen molar-refractivity contribution in [2.45, 2.75) is 30.1 Å². The van der Waals surface area contributed by atoms with E-state index in [1.54, 1.807) is 36.4 Å². The third-order valence-electron chi connectivity index (χ3n) is 4.43. The molecule has 0 saturated carbocycles. The second kappa shape index (κ2) is 8.97. The van der Waals surface area contributed by atoms with Crippen LogP contribution in [0.2, 0.25) is 0 Å². The average Bonchev–Trinajstić information content (AvgIpc) is 2.68. The van der Waals surface area contributed by atoms with Crippen molar-refractivity contribution in [3.8, 4) is 5.75 Å². The Hall–Kier alpha value is -2.71. The molecule has 0 atom stereocenters. The van der Waals surface area contributed by atoms with Crippen molar-refractivity contribution in [3.05, 3.63) is 60.2 Å². The first-order valence-corrected chi connectivity index (χ1v) is 11.9. The van der Waals surface area contributed by atoms with Gasteiger partial charge in [-0.05, 0) is 36.1 Å². The minimum Gasteiger partial charge on any atom is -0.506 e. The SMILES string of the molecule is CC(C)Cc1cccc(S(=O)(=O)Nc2cc(SCC(=O)O)c(O)c3ccccc23)c1. The normalized spacial score (nSPS) is 11.7. The largest absolute Gasteiger partial charge is 0.506 e. The van der Waals surface area contributed by atoms with Gasteiger partial charge in [-0.25, -0.2) is 8.42 Å². The molecule has 0 aromatic heterocycles. The molecule has 3 aromatic rings. The van der Waals surface area contributed by atoms with Gasteiger partial charge >= 0.3 is 5.97 Å². The van der Waals surface area contributed by atoms with Crippen LogP contribution in [0.15, 0.2) is 64.4 Å². The summed E-state index contributed by atoms with van der Waals surface area (Å²) in [7, 11) is -3.88. The molecule has 0 aliphatic carbocycles. The molecule has 30 heavy (non-hydrogen) atoms. The highest BCUT2D eigenvalue weighted by Crippen LogP contribution is 2.40. The van der Waals surface area contributed by atoms with Crippen molar-refractivity contribution in [1.29, 1.82) is 0 Å². The number of phenols is 1. The second-order valence-corrected chi connectivity index (χ2v) is 10.0. The van der Waals surface area contributed by atoms with Gasteiger partial charge in [0, 0.05) is 10.8 Å². The molecule has 0 aliphatic rings. The third-order valence-corrected chi connectivity index (χ3v) is 6.81. The molecular formula is C22H23NO5S2. The van der Waals surface area contributed by atoms with Crippen LogP contribution in [-0.2, 0) is 21.2 Å². The monoisotopic (exact) mass is 445 g/mol. The zero-order chi connectivity index (χ0) is 21.9. The number of sulfonamides is 1.